The van der Waals surface area contributed by atoms with Crippen molar-refractivity contribution in [1.82, 2.24) is 10.2 Å². The molecule has 7 heteroatoms. The molecule has 1 amide bonds. The van der Waals surface area contributed by atoms with Gasteiger partial charge in [0.25, 0.3) is 5.91 Å². The molecule has 1 aromatic heterocycles. The number of rotatable bonds is 7. The van der Waals surface area contributed by atoms with E-state index in [1.165, 1.54) is 24.3 Å². The third-order valence-corrected chi connectivity index (χ3v) is 4.54. The van der Waals surface area contributed by atoms with Gasteiger partial charge < -0.3 is 19.2 Å². The van der Waals surface area contributed by atoms with Crippen LogP contribution in [0, 0.1) is 12.7 Å². The van der Waals surface area contributed by atoms with E-state index < -0.39 is 6.10 Å². The summed E-state index contributed by atoms with van der Waals surface area (Å²) in [5, 5.41) is 2.94. The molecule has 2 atom stereocenters. The number of nitrogens with one attached hydrogen (secondary N) is 1. The number of benzene rings is 1. The predicted octanol–water partition coefficient (Wildman–Crippen LogP) is 2.68. The Morgan fingerprint density at radius 2 is 1.93 bits per heavy atom. The topological polar surface area (TPSA) is 63.9 Å². The van der Waals surface area contributed by atoms with Gasteiger partial charge in [-0.15, -0.1) is 0 Å². The summed E-state index contributed by atoms with van der Waals surface area (Å²) in [5.74, 6) is 1.53. The average molecular weight is 376 g/mol. The van der Waals surface area contributed by atoms with Gasteiger partial charge in [0.15, 0.2) is 6.10 Å². The van der Waals surface area contributed by atoms with Crippen LogP contribution in [0.25, 0.3) is 0 Å². The first-order valence-corrected chi connectivity index (χ1v) is 9.11. The lowest BCUT2D eigenvalue weighted by Crippen LogP contribution is -2.45. The predicted molar refractivity (Wildman–Crippen MR) is 98.1 cm³/mol. The Morgan fingerprint density at radius 3 is 2.56 bits per heavy atom. The maximum Gasteiger partial charge on any atom is 0.260 e. The van der Waals surface area contributed by atoms with E-state index in [4.69, 9.17) is 13.9 Å². The zero-order chi connectivity index (χ0) is 19.2. The minimum absolute atomic E-state index is 0.0652. The highest BCUT2D eigenvalue weighted by Gasteiger charge is 2.26. The van der Waals surface area contributed by atoms with Crippen molar-refractivity contribution in [3.63, 3.8) is 0 Å². The summed E-state index contributed by atoms with van der Waals surface area (Å²) in [6, 6.07) is 9.40. The number of hydrogen-bond donors (Lipinski definition) is 1. The molecule has 0 spiro atoms. The van der Waals surface area contributed by atoms with Crippen LogP contribution in [0.15, 0.2) is 40.8 Å². The van der Waals surface area contributed by atoms with Gasteiger partial charge >= 0.3 is 0 Å². The minimum Gasteiger partial charge on any atom is -0.481 e. The summed E-state index contributed by atoms with van der Waals surface area (Å²) in [5.41, 5.74) is 0. The van der Waals surface area contributed by atoms with Crippen LogP contribution >= 0.6 is 0 Å². The fraction of sp³-hybridized carbons (Fsp3) is 0.450. The van der Waals surface area contributed by atoms with E-state index in [-0.39, 0.29) is 17.8 Å². The Hall–Kier alpha value is -2.38. The number of carbonyl (C=O) groups is 1. The molecular formula is C20H25FN2O4. The second kappa shape index (κ2) is 9.01. The number of aryl methyl sites for hydroxylation is 1. The van der Waals surface area contributed by atoms with Crippen LogP contribution < -0.4 is 10.1 Å². The highest BCUT2D eigenvalue weighted by molar-refractivity contribution is 5.80. The lowest BCUT2D eigenvalue weighted by molar-refractivity contribution is -0.127. The van der Waals surface area contributed by atoms with Gasteiger partial charge in [0.05, 0.1) is 19.3 Å². The highest BCUT2D eigenvalue weighted by Crippen LogP contribution is 2.23. The monoisotopic (exact) mass is 376 g/mol. The molecule has 1 fully saturated rings. The molecule has 1 aromatic carbocycles. The SMILES string of the molecule is Cc1ccc(C(CNC(=O)C(C)Oc2ccc(F)cc2)N2CCOCC2)o1. The Balaban J connectivity index is 1.59. The first-order chi connectivity index (χ1) is 13.0. The number of halogens is 1. The normalized spacial score (nSPS) is 17.3. The molecule has 0 aliphatic carbocycles. The van der Waals surface area contributed by atoms with Gasteiger partial charge in [-0.2, -0.15) is 0 Å². The Kier molecular flexibility index (Phi) is 6.47. The fourth-order valence-electron chi connectivity index (χ4n) is 3.04. The quantitative estimate of drug-likeness (QED) is 0.805. The number of amides is 1. The number of furan rings is 1. The molecular weight excluding hydrogens is 351 g/mol. The zero-order valence-electron chi connectivity index (χ0n) is 15.6. The van der Waals surface area contributed by atoms with Crippen LogP contribution in [0.1, 0.15) is 24.5 Å². The van der Waals surface area contributed by atoms with Crippen LogP contribution in [0.2, 0.25) is 0 Å². The first-order valence-electron chi connectivity index (χ1n) is 9.11. The van der Waals surface area contributed by atoms with Gasteiger partial charge in [-0.1, -0.05) is 0 Å². The lowest BCUT2D eigenvalue weighted by Gasteiger charge is -2.33. The lowest BCUT2D eigenvalue weighted by atomic mass is 10.1. The maximum absolute atomic E-state index is 13.0. The minimum atomic E-state index is -0.695. The van der Waals surface area contributed by atoms with Gasteiger partial charge in [0, 0.05) is 19.6 Å². The van der Waals surface area contributed by atoms with Gasteiger partial charge in [0.2, 0.25) is 0 Å². The van der Waals surface area contributed by atoms with Crippen LogP contribution in [0.3, 0.4) is 0 Å². The van der Waals surface area contributed by atoms with E-state index in [1.807, 2.05) is 19.1 Å². The highest BCUT2D eigenvalue weighted by atomic mass is 19.1. The molecule has 146 valence electrons. The fourth-order valence-corrected chi connectivity index (χ4v) is 3.04. The molecule has 27 heavy (non-hydrogen) atoms. The summed E-state index contributed by atoms with van der Waals surface area (Å²) in [7, 11) is 0. The Labute approximate surface area is 158 Å². The number of carbonyl (C=O) groups excluding carboxylic acids is 1. The van der Waals surface area contributed by atoms with Gasteiger partial charge in [0.1, 0.15) is 23.1 Å². The molecule has 2 heterocycles. The standard InChI is InChI=1S/C20H25FN2O4/c1-14-3-8-19(26-14)18(23-9-11-25-12-10-23)13-22-20(24)15(2)27-17-6-4-16(21)5-7-17/h3-8,15,18H,9-13H2,1-2H3,(H,22,24). The smallest absolute Gasteiger partial charge is 0.260 e. The third-order valence-electron chi connectivity index (χ3n) is 4.54. The van der Waals surface area contributed by atoms with Crippen LogP contribution in [-0.2, 0) is 9.53 Å². The van der Waals surface area contributed by atoms with Crippen molar-refractivity contribution in [2.24, 2.45) is 0 Å². The summed E-state index contributed by atoms with van der Waals surface area (Å²) < 4.78 is 29.8. The van der Waals surface area contributed by atoms with E-state index in [1.54, 1.807) is 6.92 Å². The van der Waals surface area contributed by atoms with Crippen molar-refractivity contribution in [3.8, 4) is 5.75 Å². The second-order valence-electron chi connectivity index (χ2n) is 6.57. The summed E-state index contributed by atoms with van der Waals surface area (Å²) in [4.78, 5) is 14.7. The second-order valence-corrected chi connectivity index (χ2v) is 6.57. The Bertz CT molecular complexity index is 741. The van der Waals surface area contributed by atoms with Crippen LogP contribution in [0.4, 0.5) is 4.39 Å². The molecule has 1 saturated heterocycles. The van der Waals surface area contributed by atoms with Crippen molar-refractivity contribution >= 4 is 5.91 Å². The summed E-state index contributed by atoms with van der Waals surface area (Å²) in [6.45, 7) is 6.85. The number of hydrogen-bond acceptors (Lipinski definition) is 5. The summed E-state index contributed by atoms with van der Waals surface area (Å²) >= 11 is 0. The first kappa shape index (κ1) is 19.4. The average Bonchev–Trinajstić information content (AvgIpc) is 3.10. The van der Waals surface area contributed by atoms with E-state index in [0.717, 1.165) is 24.6 Å². The molecule has 0 saturated carbocycles. The number of morpholine rings is 1. The number of nitrogens with zero attached hydrogens (tertiary/aromatic N) is 1. The maximum atomic E-state index is 13.0. The Morgan fingerprint density at radius 1 is 1.22 bits per heavy atom. The number of ether oxygens (including phenoxy) is 2. The van der Waals surface area contributed by atoms with Crippen molar-refractivity contribution in [1.29, 1.82) is 0 Å². The van der Waals surface area contributed by atoms with Crippen LogP contribution in [0.5, 0.6) is 5.75 Å². The van der Waals surface area contributed by atoms with E-state index in [0.29, 0.717) is 25.5 Å². The molecule has 1 aliphatic rings. The largest absolute Gasteiger partial charge is 0.481 e. The molecule has 0 radical (unpaired) electrons. The molecule has 1 aliphatic heterocycles. The van der Waals surface area contributed by atoms with Crippen molar-refractivity contribution in [3.05, 3.63) is 53.7 Å². The molecule has 1 N–H and O–H groups in total. The van der Waals surface area contributed by atoms with E-state index in [2.05, 4.69) is 10.2 Å². The van der Waals surface area contributed by atoms with Crippen molar-refractivity contribution in [2.75, 3.05) is 32.8 Å². The molecule has 2 aromatic rings. The van der Waals surface area contributed by atoms with E-state index >= 15 is 0 Å². The van der Waals surface area contributed by atoms with Crippen molar-refractivity contribution < 1.29 is 23.1 Å². The van der Waals surface area contributed by atoms with Crippen molar-refractivity contribution in [2.45, 2.75) is 26.0 Å². The summed E-state index contributed by atoms with van der Waals surface area (Å²) in [6.07, 6.45) is -0.695. The molecule has 2 unspecified atom stereocenters. The zero-order valence-corrected chi connectivity index (χ0v) is 15.6. The van der Waals surface area contributed by atoms with E-state index in [9.17, 15) is 9.18 Å². The molecule has 0 bridgehead atoms. The van der Waals surface area contributed by atoms with Gasteiger partial charge in [-0.3, -0.25) is 9.69 Å². The van der Waals surface area contributed by atoms with Crippen LogP contribution in [-0.4, -0.2) is 49.8 Å². The molecule has 6 nitrogen and oxygen atoms in total. The third kappa shape index (κ3) is 5.30. The van der Waals surface area contributed by atoms with Gasteiger partial charge in [-0.05, 0) is 50.2 Å². The molecule has 3 rings (SSSR count). The van der Waals surface area contributed by atoms with Gasteiger partial charge in [-0.25, -0.2) is 4.39 Å².